The molecule has 0 saturated carbocycles. The van der Waals surface area contributed by atoms with E-state index in [-0.39, 0.29) is 40.1 Å². The van der Waals surface area contributed by atoms with Gasteiger partial charge in [0.1, 0.15) is 23.4 Å². The number of hydrogen-bond acceptors (Lipinski definition) is 9. The van der Waals surface area contributed by atoms with Gasteiger partial charge < -0.3 is 34.3 Å². The first-order chi connectivity index (χ1) is 22.9. The molecule has 8 rings (SSSR count). The molecule has 0 fully saturated rings. The Morgan fingerprint density at radius 1 is 0.936 bits per heavy atom. The normalized spacial score (nSPS) is 28.2. The van der Waals surface area contributed by atoms with Gasteiger partial charge in [-0.3, -0.25) is 0 Å². The minimum absolute atomic E-state index is 0.0990. The van der Waals surface area contributed by atoms with E-state index in [0.29, 0.717) is 40.2 Å². The SMILES string of the molecule is COc1cc2c(c(OC)c1O)CC#C[C@H]1SS[C@@H]3C=CC[C@H](CC[C@H]4Cc5c(c(OC)cc6c5[C@@H]1[C@@H](O)[C@H]2O6)-c1ccc(O)cc14)C3. The number of methoxy groups -OCH3 is 3. The monoisotopic (exact) mass is 670 g/mol. The van der Waals surface area contributed by atoms with Gasteiger partial charge in [-0.05, 0) is 78.8 Å². The molecular formula is C38H38O7S2. The minimum Gasteiger partial charge on any atom is -0.508 e. The van der Waals surface area contributed by atoms with Crippen molar-refractivity contribution in [1.29, 1.82) is 0 Å². The summed E-state index contributed by atoms with van der Waals surface area (Å²) in [4.78, 5) is 0. The number of phenols is 2. The number of fused-ring (bicyclic) bond motifs is 9. The van der Waals surface area contributed by atoms with Gasteiger partial charge in [-0.15, -0.1) is 0 Å². The molecular weight excluding hydrogens is 633 g/mol. The molecule has 47 heavy (non-hydrogen) atoms. The summed E-state index contributed by atoms with van der Waals surface area (Å²) >= 11 is 0. The van der Waals surface area contributed by atoms with Crippen LogP contribution in [0.2, 0.25) is 0 Å². The molecule has 2 aliphatic heterocycles. The van der Waals surface area contributed by atoms with E-state index < -0.39 is 12.2 Å². The molecule has 7 nitrogen and oxygen atoms in total. The molecule has 244 valence electrons. The van der Waals surface area contributed by atoms with E-state index in [4.69, 9.17) is 18.9 Å². The molecule has 0 amide bonds. The van der Waals surface area contributed by atoms with E-state index in [1.165, 1.54) is 14.2 Å². The zero-order valence-corrected chi connectivity index (χ0v) is 28.2. The molecule has 3 aliphatic carbocycles. The summed E-state index contributed by atoms with van der Waals surface area (Å²) in [5, 5.41) is 34.3. The van der Waals surface area contributed by atoms with Crippen LogP contribution in [0, 0.1) is 17.8 Å². The van der Waals surface area contributed by atoms with Crippen LogP contribution in [0.15, 0.2) is 42.5 Å². The fourth-order valence-corrected chi connectivity index (χ4v) is 11.5. The Hall–Kier alpha value is -3.58. The van der Waals surface area contributed by atoms with Crippen molar-refractivity contribution in [2.45, 2.75) is 73.1 Å². The Morgan fingerprint density at radius 2 is 1.79 bits per heavy atom. The molecule has 3 N–H and O–H groups in total. The molecule has 3 aromatic rings. The maximum atomic E-state index is 12.6. The third-order valence-electron chi connectivity index (χ3n) is 10.6. The first-order valence-corrected chi connectivity index (χ1v) is 18.5. The largest absolute Gasteiger partial charge is 0.508 e. The molecule has 0 unspecified atom stereocenters. The van der Waals surface area contributed by atoms with Gasteiger partial charge in [0.05, 0.1) is 26.6 Å². The summed E-state index contributed by atoms with van der Waals surface area (Å²) in [5.41, 5.74) is 6.67. The summed E-state index contributed by atoms with van der Waals surface area (Å²) in [5.74, 6) is 9.47. The summed E-state index contributed by atoms with van der Waals surface area (Å²) in [6.07, 6.45) is 8.29. The molecule has 0 radical (unpaired) electrons. The lowest BCUT2D eigenvalue weighted by molar-refractivity contribution is 0.000945. The highest BCUT2D eigenvalue weighted by molar-refractivity contribution is 8.77. The van der Waals surface area contributed by atoms with Crippen LogP contribution in [0.5, 0.6) is 34.5 Å². The number of allylic oxidation sites excluding steroid dienone is 1. The zero-order chi connectivity index (χ0) is 32.4. The van der Waals surface area contributed by atoms with Gasteiger partial charge in [0.25, 0.3) is 0 Å². The maximum absolute atomic E-state index is 12.6. The Bertz CT molecular complexity index is 1840. The Kier molecular flexibility index (Phi) is 7.94. The number of phenolic OH excluding ortho intramolecular Hbond substituents is 2. The van der Waals surface area contributed by atoms with E-state index in [2.05, 4.69) is 24.0 Å². The van der Waals surface area contributed by atoms with E-state index in [9.17, 15) is 15.3 Å². The predicted molar refractivity (Wildman–Crippen MR) is 185 cm³/mol. The van der Waals surface area contributed by atoms with E-state index >= 15 is 0 Å². The topological polar surface area (TPSA) is 97.6 Å². The third kappa shape index (κ3) is 5.03. The molecule has 3 aromatic carbocycles. The second-order valence-electron chi connectivity index (χ2n) is 13.1. The van der Waals surface area contributed by atoms with Gasteiger partial charge >= 0.3 is 0 Å². The van der Waals surface area contributed by atoms with Gasteiger partial charge in [0.2, 0.25) is 5.75 Å². The van der Waals surface area contributed by atoms with Crippen LogP contribution < -0.4 is 18.9 Å². The molecule has 0 aromatic heterocycles. The molecule has 2 heterocycles. The van der Waals surface area contributed by atoms with Crippen molar-refractivity contribution in [1.82, 2.24) is 0 Å². The predicted octanol–water partition coefficient (Wildman–Crippen LogP) is 7.45. The summed E-state index contributed by atoms with van der Waals surface area (Å²) in [6, 6.07) is 9.40. The average molecular weight is 671 g/mol. The molecule has 9 heteroatoms. The molecule has 0 saturated heterocycles. The Labute approximate surface area is 283 Å². The van der Waals surface area contributed by atoms with Crippen LogP contribution in [-0.2, 0) is 12.8 Å². The number of aromatic hydroxyl groups is 2. The van der Waals surface area contributed by atoms with Crippen LogP contribution in [0.3, 0.4) is 0 Å². The smallest absolute Gasteiger partial charge is 0.201 e. The van der Waals surface area contributed by atoms with Crippen LogP contribution in [-0.4, -0.2) is 53.3 Å². The number of aliphatic hydroxyl groups is 1. The van der Waals surface area contributed by atoms with Crippen LogP contribution in [0.4, 0.5) is 0 Å². The molecule has 5 aliphatic rings. The lowest BCUT2D eigenvalue weighted by atomic mass is 9.70. The molecule has 0 spiro atoms. The standard InChI is InChI=1S/C38H38O7S2/c1-42-28-18-29-33-27-15-20(25-16-21(39)12-13-23(25)32(27)28)11-10-19-6-4-7-22(14-19)46-47-31-9-5-8-24-26(38(45-29)36(41)34(31)33)17-30(43-2)35(40)37(24)44-3/h4,7,12-13,16-20,22,31,34,36,38-41H,6,8,10-11,14-15H2,1-3H3/t19-,20+,22-,31-,34-,36-,38+/m1/s1. The van der Waals surface area contributed by atoms with E-state index in [0.717, 1.165) is 59.9 Å². The average Bonchev–Trinajstić information content (AvgIpc) is 3.11. The molecule has 6 bridgehead atoms. The zero-order valence-electron chi connectivity index (χ0n) is 26.6. The maximum Gasteiger partial charge on any atom is 0.201 e. The van der Waals surface area contributed by atoms with Crippen molar-refractivity contribution in [2.75, 3.05) is 21.3 Å². The number of aliphatic hydroxyl groups excluding tert-OH is 1. The van der Waals surface area contributed by atoms with Gasteiger partial charge in [0.15, 0.2) is 17.6 Å². The number of benzene rings is 3. The van der Waals surface area contributed by atoms with Crippen molar-refractivity contribution in [2.24, 2.45) is 5.92 Å². The van der Waals surface area contributed by atoms with E-state index in [1.807, 2.05) is 29.0 Å². The Morgan fingerprint density at radius 3 is 2.60 bits per heavy atom. The van der Waals surface area contributed by atoms with Gasteiger partial charge in [0, 0.05) is 45.9 Å². The quantitative estimate of drug-likeness (QED) is 0.149. The highest BCUT2D eigenvalue weighted by Crippen LogP contribution is 2.59. The molecule has 7 atom stereocenters. The van der Waals surface area contributed by atoms with Crippen molar-refractivity contribution >= 4 is 21.6 Å². The van der Waals surface area contributed by atoms with Gasteiger partial charge in [-0.2, -0.15) is 0 Å². The summed E-state index contributed by atoms with van der Waals surface area (Å²) in [7, 11) is 8.30. The second kappa shape index (κ2) is 12.1. The number of hydrogen-bond donors (Lipinski definition) is 3. The van der Waals surface area contributed by atoms with Gasteiger partial charge in [-0.25, -0.2) is 0 Å². The summed E-state index contributed by atoms with van der Waals surface area (Å²) < 4.78 is 24.2. The van der Waals surface area contributed by atoms with Crippen molar-refractivity contribution in [3.05, 3.63) is 70.3 Å². The van der Waals surface area contributed by atoms with Crippen molar-refractivity contribution in [3.63, 3.8) is 0 Å². The van der Waals surface area contributed by atoms with Crippen molar-refractivity contribution in [3.8, 4) is 57.5 Å². The highest BCUT2D eigenvalue weighted by atomic mass is 33.1. The van der Waals surface area contributed by atoms with Crippen LogP contribution in [0.25, 0.3) is 11.1 Å². The van der Waals surface area contributed by atoms with Crippen molar-refractivity contribution < 1.29 is 34.3 Å². The first-order valence-electron chi connectivity index (χ1n) is 16.3. The second-order valence-corrected chi connectivity index (χ2v) is 15.7. The third-order valence-corrected chi connectivity index (χ3v) is 13.6. The number of rotatable bonds is 3. The lowest BCUT2D eigenvalue weighted by Gasteiger charge is -2.42. The van der Waals surface area contributed by atoms with Crippen LogP contribution in [0.1, 0.15) is 71.4 Å². The van der Waals surface area contributed by atoms with E-state index in [1.54, 1.807) is 30.0 Å². The minimum atomic E-state index is -0.956. The lowest BCUT2D eigenvalue weighted by Crippen LogP contribution is -2.40. The summed E-state index contributed by atoms with van der Waals surface area (Å²) in [6.45, 7) is 0. The fraction of sp³-hybridized carbons (Fsp3) is 0.421. The van der Waals surface area contributed by atoms with Gasteiger partial charge in [-0.1, -0.05) is 51.6 Å². The number of ether oxygens (including phenoxy) is 4. The fourth-order valence-electron chi connectivity index (χ4n) is 8.41. The van der Waals surface area contributed by atoms with Crippen LogP contribution >= 0.6 is 21.6 Å². The highest BCUT2D eigenvalue weighted by Gasteiger charge is 2.48. The Balaban J connectivity index is 1.40. The first kappa shape index (κ1) is 30.7.